The fourth-order valence-electron chi connectivity index (χ4n) is 2.49. The molecular weight excluding hydrogens is 326 g/mol. The number of halogens is 2. The van der Waals surface area contributed by atoms with Gasteiger partial charge in [0.1, 0.15) is 17.4 Å². The first kappa shape index (κ1) is 17.0. The van der Waals surface area contributed by atoms with Gasteiger partial charge < -0.3 is 10.1 Å². The van der Waals surface area contributed by atoms with Crippen LogP contribution >= 0.6 is 0 Å². The minimum atomic E-state index is -2.83. The molecule has 5 nitrogen and oxygen atoms in total. The Labute approximate surface area is 144 Å². The number of ether oxygens (including phenoxy) is 1. The van der Waals surface area contributed by atoms with Crippen LogP contribution < -0.4 is 10.1 Å². The standard InChI is InChI=1S/C18H18F2N4O/c1-13-22-8-9-24(13)17-7-6-14(11-23-17)10-21-12-15-4-2-3-5-16(15)25-18(19)20/h2-9,11,18,21H,10,12H2,1H3. The highest BCUT2D eigenvalue weighted by atomic mass is 19.3. The summed E-state index contributed by atoms with van der Waals surface area (Å²) in [7, 11) is 0. The van der Waals surface area contributed by atoms with Gasteiger partial charge in [-0.25, -0.2) is 9.97 Å². The summed E-state index contributed by atoms with van der Waals surface area (Å²) in [6, 6.07) is 10.6. The first-order valence-corrected chi connectivity index (χ1v) is 7.82. The van der Waals surface area contributed by atoms with Gasteiger partial charge in [0.15, 0.2) is 0 Å². The van der Waals surface area contributed by atoms with Gasteiger partial charge in [-0.05, 0) is 24.6 Å². The number of benzene rings is 1. The van der Waals surface area contributed by atoms with Crippen LogP contribution in [0.1, 0.15) is 17.0 Å². The Morgan fingerprint density at radius 1 is 1.12 bits per heavy atom. The second-order valence-corrected chi connectivity index (χ2v) is 5.46. The summed E-state index contributed by atoms with van der Waals surface area (Å²) in [5.74, 6) is 1.86. The zero-order valence-corrected chi connectivity index (χ0v) is 13.7. The van der Waals surface area contributed by atoms with E-state index < -0.39 is 6.61 Å². The van der Waals surface area contributed by atoms with Gasteiger partial charge >= 0.3 is 6.61 Å². The molecule has 0 saturated carbocycles. The fraction of sp³-hybridized carbons (Fsp3) is 0.222. The lowest BCUT2D eigenvalue weighted by atomic mass is 10.2. The van der Waals surface area contributed by atoms with Crippen molar-refractivity contribution < 1.29 is 13.5 Å². The Bertz CT molecular complexity index is 818. The fourth-order valence-corrected chi connectivity index (χ4v) is 2.49. The van der Waals surface area contributed by atoms with Crippen LogP contribution in [0.2, 0.25) is 0 Å². The molecule has 0 aliphatic carbocycles. The third kappa shape index (κ3) is 4.39. The third-order valence-corrected chi connectivity index (χ3v) is 3.71. The molecule has 2 heterocycles. The zero-order chi connectivity index (χ0) is 17.6. The van der Waals surface area contributed by atoms with E-state index in [0.29, 0.717) is 18.7 Å². The van der Waals surface area contributed by atoms with Crippen LogP contribution in [0.25, 0.3) is 5.82 Å². The van der Waals surface area contributed by atoms with Crippen molar-refractivity contribution in [3.63, 3.8) is 0 Å². The molecule has 0 amide bonds. The Morgan fingerprint density at radius 2 is 1.96 bits per heavy atom. The van der Waals surface area contributed by atoms with E-state index in [0.717, 1.165) is 17.2 Å². The van der Waals surface area contributed by atoms with E-state index in [2.05, 4.69) is 20.0 Å². The van der Waals surface area contributed by atoms with Crippen molar-refractivity contribution in [3.05, 3.63) is 71.9 Å². The molecule has 0 atom stereocenters. The summed E-state index contributed by atoms with van der Waals surface area (Å²) < 4.78 is 31.2. The molecule has 0 aliphatic rings. The van der Waals surface area contributed by atoms with Crippen LogP contribution in [-0.2, 0) is 13.1 Å². The molecule has 130 valence electrons. The van der Waals surface area contributed by atoms with Crippen molar-refractivity contribution in [2.75, 3.05) is 0 Å². The minimum Gasteiger partial charge on any atom is -0.434 e. The normalized spacial score (nSPS) is 11.0. The summed E-state index contributed by atoms with van der Waals surface area (Å²) in [4.78, 5) is 8.60. The summed E-state index contributed by atoms with van der Waals surface area (Å²) >= 11 is 0. The summed E-state index contributed by atoms with van der Waals surface area (Å²) in [5.41, 5.74) is 1.68. The molecule has 3 rings (SSSR count). The lowest BCUT2D eigenvalue weighted by molar-refractivity contribution is -0.0505. The van der Waals surface area contributed by atoms with E-state index in [1.165, 1.54) is 6.07 Å². The van der Waals surface area contributed by atoms with Crippen molar-refractivity contribution in [1.82, 2.24) is 19.9 Å². The number of aromatic nitrogens is 3. The van der Waals surface area contributed by atoms with Crippen LogP contribution in [0.3, 0.4) is 0 Å². The smallest absolute Gasteiger partial charge is 0.387 e. The Kier molecular flexibility index (Phi) is 5.35. The number of imidazole rings is 1. The van der Waals surface area contributed by atoms with E-state index in [1.807, 2.05) is 29.8 Å². The molecule has 0 aliphatic heterocycles. The summed E-state index contributed by atoms with van der Waals surface area (Å²) in [6.07, 6.45) is 5.37. The van der Waals surface area contributed by atoms with Gasteiger partial charge in [0.05, 0.1) is 0 Å². The predicted molar refractivity (Wildman–Crippen MR) is 89.7 cm³/mol. The SMILES string of the molecule is Cc1nccn1-c1ccc(CNCc2ccccc2OC(F)F)cn1. The maximum atomic E-state index is 12.4. The van der Waals surface area contributed by atoms with Crippen LogP contribution in [0.15, 0.2) is 55.0 Å². The lowest BCUT2D eigenvalue weighted by Gasteiger charge is -2.11. The molecule has 0 radical (unpaired) electrons. The first-order chi connectivity index (χ1) is 12.1. The first-order valence-electron chi connectivity index (χ1n) is 7.82. The average molecular weight is 344 g/mol. The topological polar surface area (TPSA) is 52.0 Å². The number of nitrogens with zero attached hydrogens (tertiary/aromatic N) is 3. The Morgan fingerprint density at radius 3 is 2.64 bits per heavy atom. The second kappa shape index (κ2) is 7.85. The molecule has 1 aromatic carbocycles. The molecule has 7 heteroatoms. The third-order valence-electron chi connectivity index (χ3n) is 3.71. The monoisotopic (exact) mass is 344 g/mol. The van der Waals surface area contributed by atoms with E-state index in [-0.39, 0.29) is 5.75 Å². The molecule has 0 saturated heterocycles. The van der Waals surface area contributed by atoms with Gasteiger partial charge in [-0.3, -0.25) is 4.57 Å². The number of nitrogens with one attached hydrogen (secondary N) is 1. The maximum absolute atomic E-state index is 12.4. The number of alkyl halides is 2. The van der Waals surface area contributed by atoms with Crippen LogP contribution in [0.4, 0.5) is 8.78 Å². The molecule has 3 aromatic rings. The van der Waals surface area contributed by atoms with Gasteiger partial charge in [0, 0.05) is 37.2 Å². The highest BCUT2D eigenvalue weighted by molar-refractivity contribution is 5.33. The summed E-state index contributed by atoms with van der Waals surface area (Å²) in [5, 5.41) is 3.21. The largest absolute Gasteiger partial charge is 0.434 e. The lowest BCUT2D eigenvalue weighted by Crippen LogP contribution is -2.14. The van der Waals surface area contributed by atoms with Gasteiger partial charge in [-0.15, -0.1) is 0 Å². The Balaban J connectivity index is 1.59. The maximum Gasteiger partial charge on any atom is 0.387 e. The quantitative estimate of drug-likeness (QED) is 0.713. The van der Waals surface area contributed by atoms with Gasteiger partial charge in [-0.2, -0.15) is 8.78 Å². The molecule has 0 spiro atoms. The minimum absolute atomic E-state index is 0.189. The number of pyridine rings is 1. The molecular formula is C18H18F2N4O. The zero-order valence-electron chi connectivity index (χ0n) is 13.7. The van der Waals surface area contributed by atoms with Crippen molar-refractivity contribution in [3.8, 4) is 11.6 Å². The van der Waals surface area contributed by atoms with E-state index in [4.69, 9.17) is 0 Å². The molecule has 2 aromatic heterocycles. The van der Waals surface area contributed by atoms with Crippen molar-refractivity contribution in [2.24, 2.45) is 0 Å². The number of hydrogen-bond donors (Lipinski definition) is 1. The van der Waals surface area contributed by atoms with Crippen LogP contribution in [0, 0.1) is 6.92 Å². The van der Waals surface area contributed by atoms with E-state index >= 15 is 0 Å². The second-order valence-electron chi connectivity index (χ2n) is 5.46. The van der Waals surface area contributed by atoms with E-state index in [9.17, 15) is 8.78 Å². The van der Waals surface area contributed by atoms with Gasteiger partial charge in [0.25, 0.3) is 0 Å². The van der Waals surface area contributed by atoms with Crippen LogP contribution in [-0.4, -0.2) is 21.1 Å². The number of aryl methyl sites for hydroxylation is 1. The molecule has 0 fully saturated rings. The Hall–Kier alpha value is -2.80. The predicted octanol–water partition coefficient (Wildman–Crippen LogP) is 3.47. The van der Waals surface area contributed by atoms with Crippen molar-refractivity contribution in [2.45, 2.75) is 26.6 Å². The van der Waals surface area contributed by atoms with Gasteiger partial charge in [-0.1, -0.05) is 24.3 Å². The number of hydrogen-bond acceptors (Lipinski definition) is 4. The highest BCUT2D eigenvalue weighted by Gasteiger charge is 2.08. The summed E-state index contributed by atoms with van der Waals surface area (Å²) in [6.45, 7) is 0.0742. The highest BCUT2D eigenvalue weighted by Crippen LogP contribution is 2.20. The average Bonchev–Trinajstić information content (AvgIpc) is 3.03. The number of rotatable bonds is 7. The molecule has 0 unspecified atom stereocenters. The van der Waals surface area contributed by atoms with Crippen LogP contribution in [0.5, 0.6) is 5.75 Å². The molecule has 25 heavy (non-hydrogen) atoms. The molecule has 0 bridgehead atoms. The van der Waals surface area contributed by atoms with E-state index in [1.54, 1.807) is 30.6 Å². The molecule has 1 N–H and O–H groups in total. The van der Waals surface area contributed by atoms with Crippen molar-refractivity contribution in [1.29, 1.82) is 0 Å². The van der Waals surface area contributed by atoms with Crippen molar-refractivity contribution >= 4 is 0 Å². The number of para-hydroxylation sites is 1. The van der Waals surface area contributed by atoms with Gasteiger partial charge in [0.2, 0.25) is 0 Å².